The molecule has 0 heterocycles. The number of aryl methyl sites for hydroxylation is 1. The summed E-state index contributed by atoms with van der Waals surface area (Å²) in [4.78, 5) is 13.5. The Morgan fingerprint density at radius 3 is 2.37 bits per heavy atom. The van der Waals surface area contributed by atoms with E-state index in [0.717, 1.165) is 17.1 Å². The minimum absolute atomic E-state index is 0.0781. The predicted octanol–water partition coefficient (Wildman–Crippen LogP) is 5.10. The van der Waals surface area contributed by atoms with Gasteiger partial charge in [0.2, 0.25) is 0 Å². The molecule has 0 aromatic heterocycles. The number of rotatable bonds is 8. The first-order chi connectivity index (χ1) is 13.2. The Bertz CT molecular complexity index is 863. The smallest absolute Gasteiger partial charge is 0.251 e. The summed E-state index contributed by atoms with van der Waals surface area (Å²) in [6.07, 6.45) is 0. The third-order valence-corrected chi connectivity index (χ3v) is 5.19. The van der Waals surface area contributed by atoms with Crippen molar-refractivity contribution in [3.8, 4) is 5.75 Å². The molecule has 1 N–H and O–H groups in total. The van der Waals surface area contributed by atoms with Crippen molar-refractivity contribution in [2.75, 3.05) is 13.2 Å². The van der Waals surface area contributed by atoms with Crippen LogP contribution in [0.1, 0.15) is 21.5 Å². The summed E-state index contributed by atoms with van der Waals surface area (Å²) in [5, 5.41) is 2.90. The van der Waals surface area contributed by atoms with Gasteiger partial charge in [-0.3, -0.25) is 4.79 Å². The predicted molar refractivity (Wildman–Crippen MR) is 111 cm³/mol. The van der Waals surface area contributed by atoms with E-state index in [-0.39, 0.29) is 5.91 Å². The highest BCUT2D eigenvalue weighted by atomic mass is 32.2. The molecule has 0 saturated carbocycles. The van der Waals surface area contributed by atoms with Crippen LogP contribution >= 0.6 is 11.8 Å². The zero-order valence-corrected chi connectivity index (χ0v) is 16.2. The van der Waals surface area contributed by atoms with Gasteiger partial charge in [0.25, 0.3) is 5.91 Å². The van der Waals surface area contributed by atoms with Crippen LogP contribution in [-0.4, -0.2) is 19.1 Å². The number of hydrogen-bond acceptors (Lipinski definition) is 3. The number of carbonyl (C=O) groups excluding carboxylic acids is 1. The van der Waals surface area contributed by atoms with Crippen molar-refractivity contribution >= 4 is 17.7 Å². The van der Waals surface area contributed by atoms with E-state index >= 15 is 0 Å². The minimum Gasteiger partial charge on any atom is -0.491 e. The van der Waals surface area contributed by atoms with Gasteiger partial charge in [-0.05, 0) is 48.4 Å². The van der Waals surface area contributed by atoms with E-state index in [0.29, 0.717) is 18.7 Å². The second-order valence-electron chi connectivity index (χ2n) is 6.17. The van der Waals surface area contributed by atoms with Gasteiger partial charge in [0, 0.05) is 16.2 Å². The Kier molecular flexibility index (Phi) is 6.94. The molecule has 1 amide bonds. The molecule has 0 aliphatic heterocycles. The topological polar surface area (TPSA) is 38.3 Å². The molecule has 0 spiro atoms. The van der Waals surface area contributed by atoms with Gasteiger partial charge in [-0.1, -0.05) is 48.5 Å². The molecule has 3 rings (SSSR count). The monoisotopic (exact) mass is 377 g/mol. The molecule has 0 unspecified atom stereocenters. The summed E-state index contributed by atoms with van der Waals surface area (Å²) in [5.41, 5.74) is 2.95. The number of benzene rings is 3. The van der Waals surface area contributed by atoms with E-state index < -0.39 is 0 Å². The van der Waals surface area contributed by atoms with Crippen LogP contribution in [0.15, 0.2) is 83.8 Å². The van der Waals surface area contributed by atoms with Gasteiger partial charge in [0.15, 0.2) is 0 Å². The molecule has 0 fully saturated rings. The molecule has 0 aliphatic carbocycles. The standard InChI is InChI=1S/C23H23NO2S/c1-18-7-5-6-10-22(18)26-16-15-24-23(25)20-13-11-19(12-14-20)17-27-21-8-3-2-4-9-21/h2-14H,15-17H2,1H3,(H,24,25). The maximum Gasteiger partial charge on any atom is 0.251 e. The summed E-state index contributed by atoms with van der Waals surface area (Å²) in [6, 6.07) is 25.9. The molecule has 4 heteroatoms. The zero-order valence-electron chi connectivity index (χ0n) is 15.4. The van der Waals surface area contributed by atoms with Gasteiger partial charge in [0.1, 0.15) is 12.4 Å². The van der Waals surface area contributed by atoms with E-state index in [9.17, 15) is 4.79 Å². The Labute approximate surface area is 164 Å². The fourth-order valence-corrected chi connectivity index (χ4v) is 3.46. The maximum atomic E-state index is 12.2. The van der Waals surface area contributed by atoms with Crippen molar-refractivity contribution in [2.45, 2.75) is 17.6 Å². The van der Waals surface area contributed by atoms with Crippen molar-refractivity contribution in [2.24, 2.45) is 0 Å². The fourth-order valence-electron chi connectivity index (χ4n) is 2.58. The fraction of sp³-hybridized carbons (Fsp3) is 0.174. The molecule has 0 saturated heterocycles. The lowest BCUT2D eigenvalue weighted by Gasteiger charge is -2.10. The van der Waals surface area contributed by atoms with Crippen molar-refractivity contribution in [1.29, 1.82) is 0 Å². The van der Waals surface area contributed by atoms with Crippen LogP contribution < -0.4 is 10.1 Å². The van der Waals surface area contributed by atoms with E-state index in [4.69, 9.17) is 4.74 Å². The van der Waals surface area contributed by atoms with E-state index in [1.54, 1.807) is 11.8 Å². The molecule has 3 aromatic carbocycles. The Morgan fingerprint density at radius 2 is 1.63 bits per heavy atom. The van der Waals surface area contributed by atoms with Crippen LogP contribution in [0.2, 0.25) is 0 Å². The van der Waals surface area contributed by atoms with E-state index in [2.05, 4.69) is 17.4 Å². The number of carbonyl (C=O) groups is 1. The Morgan fingerprint density at radius 1 is 0.926 bits per heavy atom. The first kappa shape index (κ1) is 19.1. The first-order valence-electron chi connectivity index (χ1n) is 8.96. The number of amides is 1. The molecule has 0 bridgehead atoms. The lowest BCUT2D eigenvalue weighted by atomic mass is 10.1. The number of hydrogen-bond donors (Lipinski definition) is 1. The van der Waals surface area contributed by atoms with Crippen LogP contribution in [0.5, 0.6) is 5.75 Å². The Hall–Kier alpha value is -2.72. The number of nitrogens with one attached hydrogen (secondary N) is 1. The SMILES string of the molecule is Cc1ccccc1OCCNC(=O)c1ccc(CSc2ccccc2)cc1. The molecule has 0 atom stereocenters. The second-order valence-corrected chi connectivity index (χ2v) is 7.22. The highest BCUT2D eigenvalue weighted by Gasteiger charge is 2.05. The third kappa shape index (κ3) is 5.90. The zero-order chi connectivity index (χ0) is 18.9. The third-order valence-electron chi connectivity index (χ3n) is 4.10. The summed E-state index contributed by atoms with van der Waals surface area (Å²) in [5.74, 6) is 1.66. The summed E-state index contributed by atoms with van der Waals surface area (Å²) < 4.78 is 5.70. The second kappa shape index (κ2) is 9.83. The highest BCUT2D eigenvalue weighted by molar-refractivity contribution is 7.98. The van der Waals surface area contributed by atoms with Crippen molar-refractivity contribution in [1.82, 2.24) is 5.32 Å². The van der Waals surface area contributed by atoms with Gasteiger partial charge in [-0.15, -0.1) is 11.8 Å². The number of thioether (sulfide) groups is 1. The molecular weight excluding hydrogens is 354 g/mol. The van der Waals surface area contributed by atoms with Crippen molar-refractivity contribution < 1.29 is 9.53 Å². The average Bonchev–Trinajstić information content (AvgIpc) is 2.72. The summed E-state index contributed by atoms with van der Waals surface area (Å²) >= 11 is 1.79. The van der Waals surface area contributed by atoms with Gasteiger partial charge in [-0.2, -0.15) is 0 Å². The summed E-state index contributed by atoms with van der Waals surface area (Å²) in [6.45, 7) is 2.92. The molecule has 3 nitrogen and oxygen atoms in total. The molecule has 0 aliphatic rings. The van der Waals surface area contributed by atoms with Crippen LogP contribution in [0.25, 0.3) is 0 Å². The van der Waals surface area contributed by atoms with Gasteiger partial charge < -0.3 is 10.1 Å². The van der Waals surface area contributed by atoms with Gasteiger partial charge in [-0.25, -0.2) is 0 Å². The van der Waals surface area contributed by atoms with Crippen LogP contribution in [0.3, 0.4) is 0 Å². The maximum absolute atomic E-state index is 12.2. The molecule has 3 aromatic rings. The first-order valence-corrected chi connectivity index (χ1v) is 9.94. The largest absolute Gasteiger partial charge is 0.491 e. The highest BCUT2D eigenvalue weighted by Crippen LogP contribution is 2.22. The van der Waals surface area contributed by atoms with Crippen molar-refractivity contribution in [3.05, 3.63) is 95.6 Å². The van der Waals surface area contributed by atoms with Gasteiger partial charge >= 0.3 is 0 Å². The van der Waals surface area contributed by atoms with E-state index in [1.165, 1.54) is 10.5 Å². The van der Waals surface area contributed by atoms with E-state index in [1.807, 2.05) is 73.7 Å². The molecular formula is C23H23NO2S. The quantitative estimate of drug-likeness (QED) is 0.439. The normalized spacial score (nSPS) is 10.4. The molecule has 0 radical (unpaired) electrons. The van der Waals surface area contributed by atoms with Crippen LogP contribution in [-0.2, 0) is 5.75 Å². The lowest BCUT2D eigenvalue weighted by Crippen LogP contribution is -2.28. The number of ether oxygens (including phenoxy) is 1. The molecule has 138 valence electrons. The average molecular weight is 378 g/mol. The number of para-hydroxylation sites is 1. The van der Waals surface area contributed by atoms with Crippen LogP contribution in [0.4, 0.5) is 0 Å². The molecule has 27 heavy (non-hydrogen) atoms. The minimum atomic E-state index is -0.0781. The van der Waals surface area contributed by atoms with Crippen LogP contribution in [0, 0.1) is 6.92 Å². The van der Waals surface area contributed by atoms with Gasteiger partial charge in [0.05, 0.1) is 6.54 Å². The summed E-state index contributed by atoms with van der Waals surface area (Å²) in [7, 11) is 0. The lowest BCUT2D eigenvalue weighted by molar-refractivity contribution is 0.0947. The Balaban J connectivity index is 1.42. The van der Waals surface area contributed by atoms with Crippen molar-refractivity contribution in [3.63, 3.8) is 0 Å².